The highest BCUT2D eigenvalue weighted by atomic mass is 79.9. The average molecular weight is 546 g/mol. The number of rotatable bonds is 13. The average Bonchev–Trinajstić information content (AvgIpc) is 2.92. The summed E-state index contributed by atoms with van der Waals surface area (Å²) >= 11 is 0. The molecule has 0 aromatic heterocycles. The lowest BCUT2D eigenvalue weighted by atomic mass is 10.0. The Balaban J connectivity index is 0.00000342. The fraction of sp³-hybridized carbons (Fsp3) is 0.273. The molecule has 0 aliphatic carbocycles. The lowest BCUT2D eigenvalue weighted by Gasteiger charge is -2.27. The largest absolute Gasteiger partial charge is 1.00 e. The highest BCUT2D eigenvalue weighted by Crippen LogP contribution is 2.55. The molecular formula is C33H38BrP. The number of unbranched alkanes of at least 4 members (excludes halogenated alkanes) is 6. The van der Waals surface area contributed by atoms with Crippen molar-refractivity contribution in [3.63, 3.8) is 0 Å². The van der Waals surface area contributed by atoms with Crippen molar-refractivity contribution < 1.29 is 17.0 Å². The summed E-state index contributed by atoms with van der Waals surface area (Å²) in [6.45, 7) is 0. The van der Waals surface area contributed by atoms with Crippen molar-refractivity contribution >= 4 is 23.2 Å². The van der Waals surface area contributed by atoms with Crippen LogP contribution in [0.4, 0.5) is 0 Å². The minimum atomic E-state index is -1.65. The fourth-order valence-electron chi connectivity index (χ4n) is 5.09. The molecule has 0 fully saturated rings. The molecule has 35 heavy (non-hydrogen) atoms. The molecule has 0 aliphatic heterocycles. The van der Waals surface area contributed by atoms with Crippen molar-refractivity contribution in [1.29, 1.82) is 0 Å². The van der Waals surface area contributed by atoms with E-state index in [1.165, 1.54) is 79.0 Å². The van der Waals surface area contributed by atoms with Gasteiger partial charge >= 0.3 is 0 Å². The van der Waals surface area contributed by atoms with Crippen molar-refractivity contribution in [3.05, 3.63) is 127 Å². The van der Waals surface area contributed by atoms with E-state index in [1.807, 2.05) is 0 Å². The van der Waals surface area contributed by atoms with Gasteiger partial charge in [0.25, 0.3) is 0 Å². The smallest absolute Gasteiger partial charge is 0.112 e. The van der Waals surface area contributed by atoms with Crippen molar-refractivity contribution in [2.75, 3.05) is 6.16 Å². The maximum atomic E-state index is 2.36. The molecule has 0 saturated heterocycles. The fourth-order valence-corrected chi connectivity index (χ4v) is 9.50. The molecule has 0 heterocycles. The van der Waals surface area contributed by atoms with Gasteiger partial charge in [0.05, 0.1) is 6.16 Å². The van der Waals surface area contributed by atoms with E-state index in [2.05, 4.69) is 121 Å². The third-order valence-electron chi connectivity index (χ3n) is 6.89. The van der Waals surface area contributed by atoms with Gasteiger partial charge in [-0.25, -0.2) is 0 Å². The van der Waals surface area contributed by atoms with E-state index < -0.39 is 7.26 Å². The highest BCUT2D eigenvalue weighted by Gasteiger charge is 2.44. The molecule has 0 bridgehead atoms. The van der Waals surface area contributed by atoms with Gasteiger partial charge in [-0.1, -0.05) is 111 Å². The zero-order valence-corrected chi connectivity index (χ0v) is 23.2. The van der Waals surface area contributed by atoms with Crippen molar-refractivity contribution in [2.24, 2.45) is 0 Å². The first-order valence-electron chi connectivity index (χ1n) is 13.0. The zero-order valence-electron chi connectivity index (χ0n) is 20.7. The number of benzene rings is 4. The molecule has 0 nitrogen and oxygen atoms in total. The van der Waals surface area contributed by atoms with Crippen LogP contribution in [0, 0.1) is 0 Å². The van der Waals surface area contributed by atoms with Crippen LogP contribution in [0.2, 0.25) is 0 Å². The quantitative estimate of drug-likeness (QED) is 0.165. The van der Waals surface area contributed by atoms with Crippen LogP contribution in [-0.2, 0) is 6.42 Å². The Bertz CT molecular complexity index is 968. The predicted octanol–water partition coefficient (Wildman–Crippen LogP) is 4.96. The molecule has 4 rings (SSSR count). The zero-order chi connectivity index (χ0) is 23.3. The minimum absolute atomic E-state index is 0. The van der Waals surface area contributed by atoms with Crippen LogP contribution in [0.3, 0.4) is 0 Å². The second-order valence-electron chi connectivity index (χ2n) is 9.25. The molecule has 0 saturated carbocycles. The molecule has 0 aliphatic rings. The van der Waals surface area contributed by atoms with Crippen LogP contribution in [0.15, 0.2) is 121 Å². The van der Waals surface area contributed by atoms with E-state index in [9.17, 15) is 0 Å². The SMILES string of the molecule is [Br-].c1ccc(CCCCCCCCC[P+](c2ccccc2)(c2ccccc2)c2ccccc2)cc1. The van der Waals surface area contributed by atoms with Crippen molar-refractivity contribution in [1.82, 2.24) is 0 Å². The van der Waals surface area contributed by atoms with Gasteiger partial charge < -0.3 is 17.0 Å². The minimum Gasteiger partial charge on any atom is -1.00 e. The summed E-state index contributed by atoms with van der Waals surface area (Å²) in [4.78, 5) is 0. The van der Waals surface area contributed by atoms with Crippen LogP contribution in [0.1, 0.15) is 50.5 Å². The van der Waals surface area contributed by atoms with E-state index >= 15 is 0 Å². The van der Waals surface area contributed by atoms with Crippen LogP contribution in [0.25, 0.3) is 0 Å². The van der Waals surface area contributed by atoms with Crippen LogP contribution in [-0.4, -0.2) is 6.16 Å². The number of hydrogen-bond acceptors (Lipinski definition) is 0. The monoisotopic (exact) mass is 544 g/mol. The molecule has 4 aromatic rings. The first-order chi connectivity index (χ1) is 16.9. The molecule has 0 radical (unpaired) electrons. The summed E-state index contributed by atoms with van der Waals surface area (Å²) in [5.74, 6) is 0. The predicted molar refractivity (Wildman–Crippen MR) is 152 cm³/mol. The molecule has 0 unspecified atom stereocenters. The standard InChI is InChI=1S/C33H38P.BrH/c1(2-4-10-20-30-21-11-6-12-22-30)3-5-19-29-34(31-23-13-7-14-24-31,32-25-15-8-16-26-32)33-27-17-9-18-28-33;/h6-9,11-18,21-28H,1-5,10,19-20,29H2;1H/q+1;/p-1. The Morgan fingerprint density at radius 3 is 1.14 bits per heavy atom. The maximum Gasteiger partial charge on any atom is 0.112 e. The number of hydrogen-bond donors (Lipinski definition) is 0. The summed E-state index contributed by atoms with van der Waals surface area (Å²) in [6, 6.07) is 44.8. The first kappa shape index (κ1) is 27.4. The maximum absolute atomic E-state index is 2.36. The topological polar surface area (TPSA) is 0 Å². The normalized spacial score (nSPS) is 11.1. The Morgan fingerprint density at radius 2 is 0.714 bits per heavy atom. The van der Waals surface area contributed by atoms with Crippen molar-refractivity contribution in [3.8, 4) is 0 Å². The van der Waals surface area contributed by atoms with E-state index in [1.54, 1.807) is 0 Å². The van der Waals surface area contributed by atoms with Crippen LogP contribution >= 0.6 is 7.26 Å². The van der Waals surface area contributed by atoms with Gasteiger partial charge in [0.1, 0.15) is 23.2 Å². The van der Waals surface area contributed by atoms with Gasteiger partial charge in [-0.15, -0.1) is 0 Å². The van der Waals surface area contributed by atoms with E-state index in [4.69, 9.17) is 0 Å². The van der Waals surface area contributed by atoms with Gasteiger partial charge in [0.15, 0.2) is 0 Å². The van der Waals surface area contributed by atoms with Crippen molar-refractivity contribution in [2.45, 2.75) is 51.4 Å². The highest BCUT2D eigenvalue weighted by molar-refractivity contribution is 7.95. The molecule has 182 valence electrons. The molecule has 4 aromatic carbocycles. The van der Waals surface area contributed by atoms with Gasteiger partial charge in [0.2, 0.25) is 0 Å². The van der Waals surface area contributed by atoms with E-state index in [0.29, 0.717) is 0 Å². The second kappa shape index (κ2) is 15.0. The van der Waals surface area contributed by atoms with Crippen LogP contribution in [0.5, 0.6) is 0 Å². The summed E-state index contributed by atoms with van der Waals surface area (Å²) < 4.78 is 0. The Morgan fingerprint density at radius 1 is 0.371 bits per heavy atom. The summed E-state index contributed by atoms with van der Waals surface area (Å²) in [5, 5.41) is 4.52. The summed E-state index contributed by atoms with van der Waals surface area (Å²) in [5.41, 5.74) is 1.48. The Labute approximate surface area is 223 Å². The summed E-state index contributed by atoms with van der Waals surface area (Å²) in [6.07, 6.45) is 11.8. The third kappa shape index (κ3) is 7.63. The molecule has 2 heteroatoms. The van der Waals surface area contributed by atoms with E-state index in [0.717, 1.165) is 0 Å². The Hall–Kier alpha value is -2.21. The number of aryl methyl sites for hydroxylation is 1. The van der Waals surface area contributed by atoms with Crippen LogP contribution < -0.4 is 32.9 Å². The molecule has 0 amide bonds. The lowest BCUT2D eigenvalue weighted by Crippen LogP contribution is -3.00. The molecular weight excluding hydrogens is 507 g/mol. The van der Waals surface area contributed by atoms with E-state index in [-0.39, 0.29) is 17.0 Å². The molecule has 0 atom stereocenters. The first-order valence-corrected chi connectivity index (χ1v) is 15.0. The summed E-state index contributed by atoms with van der Waals surface area (Å²) in [7, 11) is -1.65. The number of halogens is 1. The molecule has 0 N–H and O–H groups in total. The van der Waals surface area contributed by atoms with Gasteiger partial charge in [-0.05, 0) is 67.6 Å². The lowest BCUT2D eigenvalue weighted by molar-refractivity contribution is -0.00000675. The van der Waals surface area contributed by atoms with Gasteiger partial charge in [-0.2, -0.15) is 0 Å². The van der Waals surface area contributed by atoms with Gasteiger partial charge in [-0.3, -0.25) is 0 Å². The third-order valence-corrected chi connectivity index (χ3v) is 11.4. The van der Waals surface area contributed by atoms with Gasteiger partial charge in [0, 0.05) is 0 Å². The molecule has 0 spiro atoms. The second-order valence-corrected chi connectivity index (χ2v) is 12.9. The Kier molecular flexibility index (Phi) is 11.8.